The summed E-state index contributed by atoms with van der Waals surface area (Å²) in [6.07, 6.45) is 6.24. The van der Waals surface area contributed by atoms with Crippen LogP contribution >= 0.6 is 0 Å². The molecule has 0 bridgehead atoms. The summed E-state index contributed by atoms with van der Waals surface area (Å²) in [5, 5.41) is 10.4. The van der Waals surface area contributed by atoms with Gasteiger partial charge in [0.1, 0.15) is 6.61 Å². The molecule has 0 radical (unpaired) electrons. The summed E-state index contributed by atoms with van der Waals surface area (Å²) >= 11 is 0. The van der Waals surface area contributed by atoms with E-state index in [9.17, 15) is 13.6 Å². The van der Waals surface area contributed by atoms with Crippen LogP contribution in [0.4, 0.5) is 8.78 Å². The van der Waals surface area contributed by atoms with Gasteiger partial charge in [-0.2, -0.15) is 0 Å². The first-order valence-corrected chi connectivity index (χ1v) is 5.47. The third kappa shape index (κ3) is 4.70. The van der Waals surface area contributed by atoms with Crippen molar-refractivity contribution in [3.05, 3.63) is 11.6 Å². The zero-order valence-electron chi connectivity index (χ0n) is 9.14. The zero-order valence-corrected chi connectivity index (χ0v) is 9.14. The number of aliphatic hydroxyl groups is 1. The van der Waals surface area contributed by atoms with E-state index in [2.05, 4.69) is 5.32 Å². The molecule has 5 heteroatoms. The zero-order chi connectivity index (χ0) is 12.0. The topological polar surface area (TPSA) is 49.3 Å². The Balaban J connectivity index is 2.28. The Hall–Kier alpha value is -0.970. The molecule has 0 saturated carbocycles. The average molecular weight is 233 g/mol. The van der Waals surface area contributed by atoms with E-state index in [1.807, 2.05) is 6.08 Å². The maximum atomic E-state index is 12.6. The number of amides is 1. The number of aliphatic hydroxyl groups excluding tert-OH is 1. The van der Waals surface area contributed by atoms with Crippen molar-refractivity contribution in [1.29, 1.82) is 0 Å². The number of hydrogen-bond donors (Lipinski definition) is 2. The first-order valence-electron chi connectivity index (χ1n) is 5.47. The van der Waals surface area contributed by atoms with Gasteiger partial charge in [-0.05, 0) is 25.7 Å². The Labute approximate surface area is 93.5 Å². The molecule has 1 aliphatic carbocycles. The molecule has 0 saturated heterocycles. The van der Waals surface area contributed by atoms with Crippen LogP contribution in [-0.4, -0.2) is 30.1 Å². The van der Waals surface area contributed by atoms with Crippen LogP contribution in [0.25, 0.3) is 0 Å². The molecular weight excluding hydrogens is 216 g/mol. The van der Waals surface area contributed by atoms with E-state index < -0.39 is 25.0 Å². The minimum absolute atomic E-state index is 0.196. The average Bonchev–Trinajstić information content (AvgIpc) is 2.28. The van der Waals surface area contributed by atoms with Crippen molar-refractivity contribution in [2.75, 3.05) is 13.2 Å². The van der Waals surface area contributed by atoms with Gasteiger partial charge < -0.3 is 10.4 Å². The van der Waals surface area contributed by atoms with Crippen molar-refractivity contribution < 1.29 is 18.7 Å². The van der Waals surface area contributed by atoms with Crippen molar-refractivity contribution in [2.45, 2.75) is 38.0 Å². The predicted octanol–water partition coefficient (Wildman–Crippen LogP) is 1.62. The van der Waals surface area contributed by atoms with Gasteiger partial charge in [0.25, 0.3) is 5.92 Å². The highest BCUT2D eigenvalue weighted by Gasteiger charge is 2.28. The maximum Gasteiger partial charge on any atom is 0.287 e. The number of carbonyl (C=O) groups excluding carboxylic acids is 1. The molecule has 0 aromatic carbocycles. The Kier molecular flexibility index (Phi) is 4.86. The molecule has 0 fully saturated rings. The van der Waals surface area contributed by atoms with E-state index >= 15 is 0 Å². The summed E-state index contributed by atoms with van der Waals surface area (Å²) in [7, 11) is 0. The standard InChI is InChI=1S/C11H17F2NO2/c12-11(13,8-15)7-14-10(16)6-9-4-2-1-3-5-9/h4,15H,1-3,5-8H2,(H,14,16). The highest BCUT2D eigenvalue weighted by molar-refractivity contribution is 5.78. The van der Waals surface area contributed by atoms with Gasteiger partial charge in [-0.25, -0.2) is 8.78 Å². The van der Waals surface area contributed by atoms with E-state index in [0.717, 1.165) is 31.3 Å². The van der Waals surface area contributed by atoms with Gasteiger partial charge in [-0.15, -0.1) is 0 Å². The molecule has 16 heavy (non-hydrogen) atoms. The highest BCUT2D eigenvalue weighted by Crippen LogP contribution is 2.20. The number of carbonyl (C=O) groups is 1. The molecule has 0 spiro atoms. The molecule has 1 aliphatic rings. The Morgan fingerprint density at radius 3 is 2.81 bits per heavy atom. The van der Waals surface area contributed by atoms with Crippen LogP contribution < -0.4 is 5.32 Å². The van der Waals surface area contributed by atoms with Crippen molar-refractivity contribution in [1.82, 2.24) is 5.32 Å². The van der Waals surface area contributed by atoms with Crippen LogP contribution in [0.5, 0.6) is 0 Å². The van der Waals surface area contributed by atoms with E-state index in [-0.39, 0.29) is 6.42 Å². The minimum Gasteiger partial charge on any atom is -0.390 e. The van der Waals surface area contributed by atoms with Crippen LogP contribution in [0.3, 0.4) is 0 Å². The van der Waals surface area contributed by atoms with E-state index in [1.54, 1.807) is 0 Å². The second-order valence-electron chi connectivity index (χ2n) is 4.08. The third-order valence-corrected chi connectivity index (χ3v) is 2.55. The first kappa shape index (κ1) is 13.1. The van der Waals surface area contributed by atoms with Crippen LogP contribution in [0.15, 0.2) is 11.6 Å². The molecule has 0 unspecified atom stereocenters. The predicted molar refractivity (Wildman–Crippen MR) is 56.2 cm³/mol. The van der Waals surface area contributed by atoms with Gasteiger partial charge in [0.15, 0.2) is 0 Å². The van der Waals surface area contributed by atoms with Gasteiger partial charge >= 0.3 is 0 Å². The summed E-state index contributed by atoms with van der Waals surface area (Å²) in [5.74, 6) is -3.63. The fourth-order valence-corrected chi connectivity index (χ4v) is 1.62. The number of nitrogens with one attached hydrogen (secondary N) is 1. The lowest BCUT2D eigenvalue weighted by Gasteiger charge is -2.15. The summed E-state index contributed by atoms with van der Waals surface area (Å²) in [6.45, 7) is -2.04. The lowest BCUT2D eigenvalue weighted by molar-refractivity contribution is -0.123. The summed E-state index contributed by atoms with van der Waals surface area (Å²) in [6, 6.07) is 0. The SMILES string of the molecule is O=C(CC1=CCCCC1)NCC(F)(F)CO. The number of rotatable bonds is 5. The minimum atomic E-state index is -3.23. The summed E-state index contributed by atoms with van der Waals surface area (Å²) in [4.78, 5) is 11.3. The quantitative estimate of drug-likeness (QED) is 0.709. The van der Waals surface area contributed by atoms with Crippen molar-refractivity contribution in [3.63, 3.8) is 0 Å². The molecule has 1 rings (SSSR count). The van der Waals surface area contributed by atoms with Crippen LogP contribution in [0, 0.1) is 0 Å². The van der Waals surface area contributed by atoms with Gasteiger partial charge in [-0.1, -0.05) is 11.6 Å². The van der Waals surface area contributed by atoms with Gasteiger partial charge in [0, 0.05) is 6.42 Å². The van der Waals surface area contributed by atoms with Gasteiger partial charge in [-0.3, -0.25) is 4.79 Å². The highest BCUT2D eigenvalue weighted by atomic mass is 19.3. The molecule has 3 nitrogen and oxygen atoms in total. The lowest BCUT2D eigenvalue weighted by atomic mass is 9.97. The second-order valence-corrected chi connectivity index (χ2v) is 4.08. The van der Waals surface area contributed by atoms with Crippen LogP contribution in [0.1, 0.15) is 32.1 Å². The Bertz CT molecular complexity index is 277. The molecule has 92 valence electrons. The Morgan fingerprint density at radius 1 is 1.50 bits per heavy atom. The van der Waals surface area contributed by atoms with E-state index in [4.69, 9.17) is 5.11 Å². The number of alkyl halides is 2. The van der Waals surface area contributed by atoms with Gasteiger partial charge in [0.2, 0.25) is 5.91 Å². The molecule has 1 amide bonds. The van der Waals surface area contributed by atoms with Crippen LogP contribution in [-0.2, 0) is 4.79 Å². The summed E-state index contributed by atoms with van der Waals surface area (Å²) < 4.78 is 25.2. The van der Waals surface area contributed by atoms with Crippen molar-refractivity contribution in [3.8, 4) is 0 Å². The molecule has 0 aromatic rings. The lowest BCUT2D eigenvalue weighted by Crippen LogP contribution is -2.39. The maximum absolute atomic E-state index is 12.6. The number of allylic oxidation sites excluding steroid dienone is 1. The molecule has 0 aliphatic heterocycles. The molecule has 0 heterocycles. The first-order chi connectivity index (χ1) is 7.53. The number of halogens is 2. The van der Waals surface area contributed by atoms with Crippen molar-refractivity contribution in [2.24, 2.45) is 0 Å². The fraction of sp³-hybridized carbons (Fsp3) is 0.727. The smallest absolute Gasteiger partial charge is 0.287 e. The summed E-state index contributed by atoms with van der Waals surface area (Å²) in [5.41, 5.74) is 1.02. The molecular formula is C11H17F2NO2. The largest absolute Gasteiger partial charge is 0.390 e. The molecule has 0 aromatic heterocycles. The third-order valence-electron chi connectivity index (χ3n) is 2.55. The van der Waals surface area contributed by atoms with E-state index in [0.29, 0.717) is 0 Å². The second kappa shape index (κ2) is 5.94. The monoisotopic (exact) mass is 233 g/mol. The molecule has 2 N–H and O–H groups in total. The van der Waals surface area contributed by atoms with Gasteiger partial charge in [0.05, 0.1) is 6.54 Å². The van der Waals surface area contributed by atoms with Crippen LogP contribution in [0.2, 0.25) is 0 Å². The number of hydrogen-bond acceptors (Lipinski definition) is 2. The Morgan fingerprint density at radius 2 is 2.25 bits per heavy atom. The normalized spacial score (nSPS) is 16.8. The molecule has 0 atom stereocenters. The fourth-order valence-electron chi connectivity index (χ4n) is 1.62. The van der Waals surface area contributed by atoms with Crippen molar-refractivity contribution >= 4 is 5.91 Å². The van der Waals surface area contributed by atoms with E-state index in [1.165, 1.54) is 0 Å².